The van der Waals surface area contributed by atoms with Crippen molar-refractivity contribution in [3.8, 4) is 0 Å². The zero-order valence-corrected chi connectivity index (χ0v) is 16.9. The molecule has 2 rings (SSSR count). The Morgan fingerprint density at radius 3 is 2.18 bits per heavy atom. The van der Waals surface area contributed by atoms with Gasteiger partial charge in [-0.25, -0.2) is 0 Å². The van der Waals surface area contributed by atoms with E-state index in [1.54, 1.807) is 11.3 Å². The molecule has 90 valence electrons. The summed E-state index contributed by atoms with van der Waals surface area (Å²) in [7, 11) is 0. The molecule has 0 bridgehead atoms. The van der Waals surface area contributed by atoms with Crippen molar-refractivity contribution in [1.29, 1.82) is 0 Å². The Kier molecular flexibility index (Phi) is 5.35. The van der Waals surface area contributed by atoms with Crippen LogP contribution in [-0.2, 0) is 0 Å². The minimum atomic E-state index is 0.192. The summed E-state index contributed by atoms with van der Waals surface area (Å²) in [5.41, 5.74) is 1.22. The molecular weight excluding hydrogens is 564 g/mol. The van der Waals surface area contributed by atoms with Gasteiger partial charge in [-0.2, -0.15) is 0 Å². The first kappa shape index (κ1) is 14.7. The fourth-order valence-electron chi connectivity index (χ4n) is 1.35. The van der Waals surface area contributed by atoms with E-state index >= 15 is 0 Å². The Labute approximate surface area is 146 Å². The number of alkyl halides is 1. The molecule has 17 heavy (non-hydrogen) atoms. The molecule has 0 nitrogen and oxygen atoms in total. The lowest BCUT2D eigenvalue weighted by atomic mass is 10.1. The van der Waals surface area contributed by atoms with Crippen molar-refractivity contribution in [2.24, 2.45) is 0 Å². The SMILES string of the molecule is Brc1ccc(C(Br)c2cc(Br)c(Br)s2)c(Br)c1. The molecule has 1 unspecified atom stereocenters. The number of hydrogen-bond donors (Lipinski definition) is 0. The molecule has 2 aromatic rings. The topological polar surface area (TPSA) is 0 Å². The maximum Gasteiger partial charge on any atom is 0.0843 e. The average molecular weight is 569 g/mol. The minimum Gasteiger partial charge on any atom is -0.131 e. The van der Waals surface area contributed by atoms with Crippen LogP contribution in [0.2, 0.25) is 0 Å². The summed E-state index contributed by atoms with van der Waals surface area (Å²) >= 11 is 19.5. The van der Waals surface area contributed by atoms with Gasteiger partial charge < -0.3 is 0 Å². The predicted molar refractivity (Wildman–Crippen MR) is 92.3 cm³/mol. The van der Waals surface area contributed by atoms with E-state index in [0.29, 0.717) is 0 Å². The Morgan fingerprint density at radius 1 is 0.941 bits per heavy atom. The van der Waals surface area contributed by atoms with Crippen molar-refractivity contribution < 1.29 is 0 Å². The maximum absolute atomic E-state index is 3.74. The molecule has 0 saturated heterocycles. The second-order valence-corrected chi connectivity index (χ2v) is 9.24. The van der Waals surface area contributed by atoms with Crippen molar-refractivity contribution >= 4 is 91.0 Å². The molecule has 0 amide bonds. The quantitative estimate of drug-likeness (QED) is 0.334. The molecule has 1 aromatic heterocycles. The number of thiophene rings is 1. The smallest absolute Gasteiger partial charge is 0.0843 e. The lowest BCUT2D eigenvalue weighted by Gasteiger charge is -2.10. The van der Waals surface area contributed by atoms with Gasteiger partial charge in [0.05, 0.1) is 8.61 Å². The van der Waals surface area contributed by atoms with Crippen molar-refractivity contribution in [1.82, 2.24) is 0 Å². The fourth-order valence-corrected chi connectivity index (χ4v) is 5.83. The highest BCUT2D eigenvalue weighted by Crippen LogP contribution is 2.43. The van der Waals surface area contributed by atoms with E-state index in [9.17, 15) is 0 Å². The van der Waals surface area contributed by atoms with Gasteiger partial charge in [0, 0.05) is 18.3 Å². The molecule has 0 aliphatic carbocycles. The highest BCUT2D eigenvalue weighted by Gasteiger charge is 2.17. The Morgan fingerprint density at radius 2 is 1.65 bits per heavy atom. The molecular formula is C11H5Br5S. The maximum atomic E-state index is 3.74. The summed E-state index contributed by atoms with van der Waals surface area (Å²) in [6, 6.07) is 8.34. The van der Waals surface area contributed by atoms with Gasteiger partial charge in [0.2, 0.25) is 0 Å². The molecule has 0 aliphatic rings. The largest absolute Gasteiger partial charge is 0.131 e. The van der Waals surface area contributed by atoms with Gasteiger partial charge in [0.1, 0.15) is 0 Å². The van der Waals surface area contributed by atoms with E-state index in [1.807, 2.05) is 6.07 Å². The molecule has 6 heteroatoms. The van der Waals surface area contributed by atoms with Crippen LogP contribution >= 0.6 is 91.0 Å². The van der Waals surface area contributed by atoms with Crippen molar-refractivity contribution in [3.05, 3.63) is 51.9 Å². The standard InChI is InChI=1S/C11H5Br5S/c12-5-1-2-6(7(13)3-5)10(15)9-4-8(14)11(16)17-9/h1-4,10H. The number of hydrogen-bond acceptors (Lipinski definition) is 1. The molecule has 1 aromatic carbocycles. The van der Waals surface area contributed by atoms with E-state index in [4.69, 9.17) is 0 Å². The van der Waals surface area contributed by atoms with E-state index in [2.05, 4.69) is 97.8 Å². The second-order valence-electron chi connectivity index (χ2n) is 3.30. The van der Waals surface area contributed by atoms with Crippen LogP contribution in [0.25, 0.3) is 0 Å². The first-order chi connectivity index (χ1) is 7.99. The lowest BCUT2D eigenvalue weighted by Crippen LogP contribution is -1.90. The van der Waals surface area contributed by atoms with Crippen LogP contribution in [0.3, 0.4) is 0 Å². The van der Waals surface area contributed by atoms with Gasteiger partial charge in [-0.3, -0.25) is 0 Å². The number of rotatable bonds is 2. The summed E-state index contributed by atoms with van der Waals surface area (Å²) in [5, 5.41) is 0. The highest BCUT2D eigenvalue weighted by molar-refractivity contribution is 9.13. The van der Waals surface area contributed by atoms with E-state index in [0.717, 1.165) is 17.2 Å². The zero-order valence-electron chi connectivity index (χ0n) is 8.18. The number of benzene rings is 1. The fraction of sp³-hybridized carbons (Fsp3) is 0.0909. The van der Waals surface area contributed by atoms with Crippen LogP contribution in [0.1, 0.15) is 15.3 Å². The normalized spacial score (nSPS) is 12.8. The average Bonchev–Trinajstić information content (AvgIpc) is 2.58. The summed E-state index contributed by atoms with van der Waals surface area (Å²) in [6.07, 6.45) is 0. The van der Waals surface area contributed by atoms with E-state index < -0.39 is 0 Å². The number of halogens is 5. The molecule has 0 saturated carbocycles. The van der Waals surface area contributed by atoms with Crippen LogP contribution in [0.5, 0.6) is 0 Å². The van der Waals surface area contributed by atoms with Crippen LogP contribution in [0.4, 0.5) is 0 Å². The monoisotopic (exact) mass is 564 g/mol. The highest BCUT2D eigenvalue weighted by atomic mass is 79.9. The van der Waals surface area contributed by atoms with Crippen molar-refractivity contribution in [3.63, 3.8) is 0 Å². The Hall–Kier alpha value is 1.32. The molecule has 1 atom stereocenters. The van der Waals surface area contributed by atoms with Crippen LogP contribution < -0.4 is 0 Å². The Balaban J connectivity index is 2.39. The van der Waals surface area contributed by atoms with Gasteiger partial charge in [-0.15, -0.1) is 11.3 Å². The second kappa shape index (κ2) is 6.18. The van der Waals surface area contributed by atoms with E-state index in [-0.39, 0.29) is 4.83 Å². The van der Waals surface area contributed by atoms with Crippen LogP contribution in [0.15, 0.2) is 41.5 Å². The van der Waals surface area contributed by atoms with Gasteiger partial charge >= 0.3 is 0 Å². The van der Waals surface area contributed by atoms with Crippen molar-refractivity contribution in [2.75, 3.05) is 0 Å². The summed E-state index contributed by atoms with van der Waals surface area (Å²) in [5.74, 6) is 0. The molecule has 0 fully saturated rings. The third kappa shape index (κ3) is 3.45. The van der Waals surface area contributed by atoms with Crippen molar-refractivity contribution in [2.45, 2.75) is 4.83 Å². The van der Waals surface area contributed by atoms with E-state index in [1.165, 1.54) is 10.4 Å². The molecule has 1 heterocycles. The van der Waals surface area contributed by atoms with Gasteiger partial charge in [-0.1, -0.05) is 53.9 Å². The molecule has 0 aliphatic heterocycles. The molecule has 0 radical (unpaired) electrons. The van der Waals surface area contributed by atoms with Gasteiger partial charge in [-0.05, 0) is 55.6 Å². The van der Waals surface area contributed by atoms with Gasteiger partial charge in [0.25, 0.3) is 0 Å². The lowest BCUT2D eigenvalue weighted by molar-refractivity contribution is 1.20. The van der Waals surface area contributed by atoms with Gasteiger partial charge in [0.15, 0.2) is 0 Å². The zero-order chi connectivity index (χ0) is 12.6. The predicted octanol–water partition coefficient (Wildman–Crippen LogP) is 7.28. The molecule has 0 spiro atoms. The van der Waals surface area contributed by atoms with Crippen LogP contribution in [-0.4, -0.2) is 0 Å². The first-order valence-electron chi connectivity index (χ1n) is 4.53. The Bertz CT molecular complexity index is 529. The third-order valence-electron chi connectivity index (χ3n) is 2.15. The third-order valence-corrected chi connectivity index (χ3v) is 7.94. The summed E-state index contributed by atoms with van der Waals surface area (Å²) in [6.45, 7) is 0. The first-order valence-corrected chi connectivity index (χ1v) is 9.43. The summed E-state index contributed by atoms with van der Waals surface area (Å²) in [4.78, 5) is 1.45. The molecule has 0 N–H and O–H groups in total. The minimum absolute atomic E-state index is 0.192. The van der Waals surface area contributed by atoms with Crippen LogP contribution in [0, 0.1) is 0 Å². The summed E-state index contributed by atoms with van der Waals surface area (Å²) < 4.78 is 4.37.